The van der Waals surface area contributed by atoms with E-state index in [0.717, 1.165) is 0 Å². The van der Waals surface area contributed by atoms with E-state index in [4.69, 9.17) is 0 Å². The summed E-state index contributed by atoms with van der Waals surface area (Å²) in [4.78, 5) is 0. The minimum absolute atomic E-state index is 0. The molecule has 4 radical (unpaired) electrons. The van der Waals surface area contributed by atoms with Crippen molar-refractivity contribution in [2.24, 2.45) is 0 Å². The van der Waals surface area contributed by atoms with Gasteiger partial charge in [0.1, 0.15) is 0 Å². The van der Waals surface area contributed by atoms with Crippen molar-refractivity contribution in [3.05, 3.63) is 12.0 Å². The number of hydrogen-bond donors (Lipinski definition) is 0. The Morgan fingerprint density at radius 1 is 1.25 bits per heavy atom. The van der Waals surface area contributed by atoms with Crippen LogP contribution < -0.4 is 0 Å². The van der Waals surface area contributed by atoms with Gasteiger partial charge in [0.25, 0.3) is 0 Å². The van der Waals surface area contributed by atoms with Crippen molar-refractivity contribution in [3.8, 4) is 0 Å². The van der Waals surface area contributed by atoms with Crippen LogP contribution in [0, 0.1) is 0 Å². The quantitative estimate of drug-likeness (QED) is 0.421. The van der Waals surface area contributed by atoms with Crippen LogP contribution >= 0.6 is 0 Å². The molecule has 1 heterocycles. The van der Waals surface area contributed by atoms with Crippen LogP contribution in [0.3, 0.4) is 0 Å². The molecule has 0 aromatic rings. The topological polar surface area (TPSA) is 0 Å². The summed E-state index contributed by atoms with van der Waals surface area (Å²) >= 11 is 0. The van der Waals surface area contributed by atoms with E-state index in [1.54, 1.807) is 0 Å². The zero-order chi connectivity index (χ0) is 2.12. The molecular formula is C2H2BIn. The maximum atomic E-state index is 2.00. The second-order valence-electron chi connectivity index (χ2n) is 0.577. The Morgan fingerprint density at radius 2 is 1.50 bits per heavy atom. The smallest absolute Gasteiger partial charge is 0.130 e. The van der Waals surface area contributed by atoms with E-state index in [1.807, 2.05) is 19.2 Å². The van der Waals surface area contributed by atoms with Crippen LogP contribution in [-0.4, -0.2) is 33.1 Å². The largest absolute Gasteiger partial charge is 0.168 e. The molecule has 1 aliphatic heterocycles. The summed E-state index contributed by atoms with van der Waals surface area (Å²) in [6, 6.07) is 0. The van der Waals surface area contributed by atoms with E-state index in [2.05, 4.69) is 0 Å². The minimum atomic E-state index is 0. The van der Waals surface area contributed by atoms with Gasteiger partial charge in [-0.25, -0.2) is 0 Å². The molecule has 0 N–H and O–H groups in total. The first-order valence-electron chi connectivity index (χ1n) is 1.00. The van der Waals surface area contributed by atoms with Crippen molar-refractivity contribution >= 4 is 33.1 Å². The molecule has 1 aliphatic rings. The van der Waals surface area contributed by atoms with Gasteiger partial charge < -0.3 is 0 Å². The molecule has 0 aromatic carbocycles. The molecule has 0 atom stereocenters. The number of hydrogen-bond acceptors (Lipinski definition) is 0. The Bertz CT molecular complexity index is 29.0. The summed E-state index contributed by atoms with van der Waals surface area (Å²) in [5.74, 6) is 4.00. The zero-order valence-electron chi connectivity index (χ0n) is 2.31. The first-order valence-corrected chi connectivity index (χ1v) is 1.00. The monoisotopic (exact) mass is 152 g/mol. The molecule has 0 bridgehead atoms. The molecule has 1 rings (SSSR count). The van der Waals surface area contributed by atoms with Gasteiger partial charge in [-0.15, -0.1) is 12.0 Å². The summed E-state index contributed by atoms with van der Waals surface area (Å²) in [6.07, 6.45) is 0. The molecule has 0 spiro atoms. The fourth-order valence-corrected chi connectivity index (χ4v) is 0. The van der Waals surface area contributed by atoms with E-state index in [1.165, 1.54) is 0 Å². The van der Waals surface area contributed by atoms with Crippen LogP contribution in [0.25, 0.3) is 0 Å². The predicted molar refractivity (Wildman–Crippen MR) is 20.6 cm³/mol. The fourth-order valence-electron chi connectivity index (χ4n) is 0. The van der Waals surface area contributed by atoms with Crippen molar-refractivity contribution in [2.45, 2.75) is 0 Å². The van der Waals surface area contributed by atoms with Crippen molar-refractivity contribution in [3.63, 3.8) is 0 Å². The molecule has 16 valence electrons. The van der Waals surface area contributed by atoms with Crippen molar-refractivity contribution in [1.82, 2.24) is 0 Å². The Kier molecular flexibility index (Phi) is 2.28. The van der Waals surface area contributed by atoms with Crippen LogP contribution in [0.4, 0.5) is 0 Å². The average molecular weight is 152 g/mol. The summed E-state index contributed by atoms with van der Waals surface area (Å²) in [7, 11) is 2.00. The van der Waals surface area contributed by atoms with Gasteiger partial charge in [0.15, 0.2) is 7.28 Å². The molecule has 0 saturated carbocycles. The van der Waals surface area contributed by atoms with Gasteiger partial charge in [0.05, 0.1) is 0 Å². The van der Waals surface area contributed by atoms with E-state index in [-0.39, 0.29) is 25.8 Å². The summed E-state index contributed by atoms with van der Waals surface area (Å²) in [5.41, 5.74) is 0. The second kappa shape index (κ2) is 1.95. The first-order chi connectivity index (χ1) is 1.50. The van der Waals surface area contributed by atoms with Gasteiger partial charge in [-0.2, -0.15) is 0 Å². The van der Waals surface area contributed by atoms with Crippen LogP contribution in [0.1, 0.15) is 0 Å². The van der Waals surface area contributed by atoms with Crippen LogP contribution in [-0.2, 0) is 0 Å². The number of rotatable bonds is 0. The van der Waals surface area contributed by atoms with Gasteiger partial charge in [-0.3, -0.25) is 0 Å². The molecule has 0 unspecified atom stereocenters. The van der Waals surface area contributed by atoms with Gasteiger partial charge in [-0.1, -0.05) is 0 Å². The van der Waals surface area contributed by atoms with Gasteiger partial charge in [-0.05, 0) is 0 Å². The molecule has 0 aromatic heterocycles. The predicted octanol–water partition coefficient (Wildman–Crippen LogP) is -0.205. The van der Waals surface area contributed by atoms with Crippen LogP contribution in [0.15, 0.2) is 12.0 Å². The summed E-state index contributed by atoms with van der Waals surface area (Å²) < 4.78 is 0. The normalized spacial score (nSPS) is 12.0. The first kappa shape index (κ1) is 4.68. The Labute approximate surface area is 45.3 Å². The molecule has 0 amide bonds. The third-order valence-electron chi connectivity index (χ3n) is 0.192. The maximum absolute atomic E-state index is 2.00. The van der Waals surface area contributed by atoms with Gasteiger partial charge in [0, 0.05) is 25.8 Å². The van der Waals surface area contributed by atoms with E-state index < -0.39 is 0 Å². The third kappa shape index (κ3) is 2.68. The molecule has 2 heteroatoms. The van der Waals surface area contributed by atoms with Crippen LogP contribution in [0.2, 0.25) is 0 Å². The SMILES string of the molecule is [B]1C=C1.[In]. The van der Waals surface area contributed by atoms with Crippen molar-refractivity contribution in [1.29, 1.82) is 0 Å². The van der Waals surface area contributed by atoms with Crippen molar-refractivity contribution in [2.75, 3.05) is 0 Å². The summed E-state index contributed by atoms with van der Waals surface area (Å²) in [6.45, 7) is 0. The fraction of sp³-hybridized carbons (Fsp3) is 0. The average Bonchev–Trinajstić information content (AvgIpc) is 1.46. The standard InChI is InChI=1S/C2H2B.In/c1-2-3-1;/h1-2H;. The summed E-state index contributed by atoms with van der Waals surface area (Å²) in [5, 5.41) is 0. The second-order valence-corrected chi connectivity index (χ2v) is 0.577. The zero-order valence-corrected chi connectivity index (χ0v) is 5.61. The van der Waals surface area contributed by atoms with Gasteiger partial charge >= 0.3 is 0 Å². The van der Waals surface area contributed by atoms with E-state index in [0.29, 0.717) is 0 Å². The van der Waals surface area contributed by atoms with Gasteiger partial charge in [0.2, 0.25) is 0 Å². The Hall–Kier alpha value is 0.675. The van der Waals surface area contributed by atoms with Crippen LogP contribution in [0.5, 0.6) is 0 Å². The van der Waals surface area contributed by atoms with E-state index >= 15 is 0 Å². The Balaban J connectivity index is 0.0000000900. The van der Waals surface area contributed by atoms with Crippen molar-refractivity contribution < 1.29 is 0 Å². The molecule has 0 aliphatic carbocycles. The molecule has 0 nitrogen and oxygen atoms in total. The third-order valence-corrected chi connectivity index (χ3v) is 0.192. The minimum Gasteiger partial charge on any atom is -0.130 e. The maximum Gasteiger partial charge on any atom is 0.168 e. The molecule has 0 saturated heterocycles. The molecular weight excluding hydrogens is 150 g/mol. The molecule has 4 heavy (non-hydrogen) atoms. The Morgan fingerprint density at radius 3 is 1.50 bits per heavy atom. The van der Waals surface area contributed by atoms with E-state index in [9.17, 15) is 0 Å². The molecule has 0 fully saturated rings.